The molecule has 1 aromatic heterocycles. The highest BCUT2D eigenvalue weighted by Gasteiger charge is 2.17. The minimum Gasteiger partial charge on any atom is -0.459 e. The Kier molecular flexibility index (Phi) is 4.59. The van der Waals surface area contributed by atoms with Crippen LogP contribution in [0, 0.1) is 0 Å². The number of amides is 1. The van der Waals surface area contributed by atoms with E-state index in [1.165, 1.54) is 6.26 Å². The first-order chi connectivity index (χ1) is 8.81. The molecule has 1 amide bonds. The summed E-state index contributed by atoms with van der Waals surface area (Å²) in [6.45, 7) is 1.24. The predicted octanol–water partition coefficient (Wildman–Crippen LogP) is 3.32. The summed E-state index contributed by atoms with van der Waals surface area (Å²) in [5.74, 6) is 0.301. The highest BCUT2D eigenvalue weighted by Crippen LogP contribution is 2.10. The van der Waals surface area contributed by atoms with Crippen LogP contribution in [0.4, 0.5) is 0 Å². The number of alkyl halides is 1. The lowest BCUT2D eigenvalue weighted by molar-refractivity contribution is 0.0722. The summed E-state index contributed by atoms with van der Waals surface area (Å²) >= 11 is 3.37. The van der Waals surface area contributed by atoms with Gasteiger partial charge in [-0.25, -0.2) is 0 Å². The van der Waals surface area contributed by atoms with Gasteiger partial charge in [-0.1, -0.05) is 46.3 Å². The molecule has 0 saturated carbocycles. The summed E-state index contributed by atoms with van der Waals surface area (Å²) in [5, 5.41) is 0.742. The number of rotatable bonds is 5. The molecule has 94 valence electrons. The SMILES string of the molecule is O=C(c1ccco1)N(CCBr)Cc1ccccc1. The van der Waals surface area contributed by atoms with E-state index < -0.39 is 0 Å². The first-order valence-corrected chi connectivity index (χ1v) is 6.86. The molecule has 0 aliphatic heterocycles. The highest BCUT2D eigenvalue weighted by atomic mass is 79.9. The Morgan fingerprint density at radius 1 is 1.17 bits per heavy atom. The molecule has 18 heavy (non-hydrogen) atoms. The van der Waals surface area contributed by atoms with Crippen LogP contribution in [0.1, 0.15) is 16.1 Å². The van der Waals surface area contributed by atoms with E-state index in [4.69, 9.17) is 4.42 Å². The largest absolute Gasteiger partial charge is 0.459 e. The quantitative estimate of drug-likeness (QED) is 0.794. The summed E-state index contributed by atoms with van der Waals surface area (Å²) in [6, 6.07) is 13.3. The second kappa shape index (κ2) is 6.40. The van der Waals surface area contributed by atoms with Crippen LogP contribution in [-0.4, -0.2) is 22.7 Å². The van der Waals surface area contributed by atoms with Gasteiger partial charge in [0, 0.05) is 18.4 Å². The van der Waals surface area contributed by atoms with Crippen molar-refractivity contribution in [2.75, 3.05) is 11.9 Å². The Balaban J connectivity index is 2.11. The third kappa shape index (κ3) is 3.23. The highest BCUT2D eigenvalue weighted by molar-refractivity contribution is 9.09. The van der Waals surface area contributed by atoms with Gasteiger partial charge in [0.2, 0.25) is 0 Å². The standard InChI is InChI=1S/C14H14BrNO2/c15-8-9-16(11-12-5-2-1-3-6-12)14(17)13-7-4-10-18-13/h1-7,10H,8-9,11H2. The van der Waals surface area contributed by atoms with E-state index in [0.29, 0.717) is 18.8 Å². The monoisotopic (exact) mass is 307 g/mol. The van der Waals surface area contributed by atoms with Crippen molar-refractivity contribution in [2.24, 2.45) is 0 Å². The first-order valence-electron chi connectivity index (χ1n) is 5.74. The number of benzene rings is 1. The number of halogens is 1. The normalized spacial score (nSPS) is 10.3. The number of hydrogen-bond acceptors (Lipinski definition) is 2. The number of hydrogen-bond donors (Lipinski definition) is 0. The van der Waals surface area contributed by atoms with Gasteiger partial charge in [-0.15, -0.1) is 0 Å². The average molecular weight is 308 g/mol. The van der Waals surface area contributed by atoms with Crippen molar-refractivity contribution in [3.8, 4) is 0 Å². The zero-order valence-electron chi connectivity index (χ0n) is 9.88. The van der Waals surface area contributed by atoms with E-state index >= 15 is 0 Å². The summed E-state index contributed by atoms with van der Waals surface area (Å²) in [4.78, 5) is 14.0. The molecule has 0 spiro atoms. The molecule has 0 fully saturated rings. The molecule has 3 nitrogen and oxygen atoms in total. The molecule has 0 N–H and O–H groups in total. The fraction of sp³-hybridized carbons (Fsp3) is 0.214. The predicted molar refractivity (Wildman–Crippen MR) is 73.7 cm³/mol. The fourth-order valence-corrected chi connectivity index (χ4v) is 2.14. The smallest absolute Gasteiger partial charge is 0.289 e. The molecule has 0 saturated heterocycles. The molecule has 0 aliphatic carbocycles. The third-order valence-corrected chi connectivity index (χ3v) is 2.94. The molecule has 0 atom stereocenters. The Morgan fingerprint density at radius 3 is 2.56 bits per heavy atom. The van der Waals surface area contributed by atoms with Gasteiger partial charge < -0.3 is 9.32 Å². The van der Waals surface area contributed by atoms with E-state index in [0.717, 1.165) is 10.9 Å². The summed E-state index contributed by atoms with van der Waals surface area (Å²) in [7, 11) is 0. The van der Waals surface area contributed by atoms with Crippen molar-refractivity contribution in [1.82, 2.24) is 4.90 Å². The van der Waals surface area contributed by atoms with Gasteiger partial charge in [0.25, 0.3) is 5.91 Å². The zero-order valence-corrected chi connectivity index (χ0v) is 11.5. The van der Waals surface area contributed by atoms with Crippen LogP contribution in [0.3, 0.4) is 0 Å². The van der Waals surface area contributed by atoms with Gasteiger partial charge in [-0.3, -0.25) is 4.79 Å². The number of furan rings is 1. The number of nitrogens with zero attached hydrogens (tertiary/aromatic N) is 1. The first kappa shape index (κ1) is 12.9. The Morgan fingerprint density at radius 2 is 1.94 bits per heavy atom. The van der Waals surface area contributed by atoms with Crippen molar-refractivity contribution >= 4 is 21.8 Å². The van der Waals surface area contributed by atoms with Gasteiger partial charge in [0.05, 0.1) is 6.26 Å². The average Bonchev–Trinajstić information content (AvgIpc) is 2.92. The molecule has 1 heterocycles. The maximum Gasteiger partial charge on any atom is 0.289 e. The molecule has 2 aromatic rings. The second-order valence-corrected chi connectivity index (χ2v) is 4.67. The van der Waals surface area contributed by atoms with Crippen LogP contribution in [0.5, 0.6) is 0 Å². The minimum atomic E-state index is -0.0803. The second-order valence-electron chi connectivity index (χ2n) is 3.88. The maximum absolute atomic E-state index is 12.2. The Labute approximate surface area is 115 Å². The molecule has 0 bridgehead atoms. The van der Waals surface area contributed by atoms with E-state index in [1.807, 2.05) is 30.3 Å². The van der Waals surface area contributed by atoms with Gasteiger partial charge in [-0.2, -0.15) is 0 Å². The third-order valence-electron chi connectivity index (χ3n) is 2.59. The van der Waals surface area contributed by atoms with Crippen molar-refractivity contribution in [3.05, 3.63) is 60.1 Å². The van der Waals surface area contributed by atoms with E-state index in [1.54, 1.807) is 17.0 Å². The molecule has 0 aliphatic rings. The van der Waals surface area contributed by atoms with Gasteiger partial charge in [0.15, 0.2) is 5.76 Å². The van der Waals surface area contributed by atoms with E-state index in [9.17, 15) is 4.79 Å². The molecule has 0 radical (unpaired) electrons. The summed E-state index contributed by atoms with van der Waals surface area (Å²) in [5.41, 5.74) is 1.11. The molecule has 1 aromatic carbocycles. The number of carbonyl (C=O) groups excluding carboxylic acids is 1. The number of carbonyl (C=O) groups is 1. The zero-order chi connectivity index (χ0) is 12.8. The van der Waals surface area contributed by atoms with Crippen molar-refractivity contribution in [2.45, 2.75) is 6.54 Å². The van der Waals surface area contributed by atoms with Crippen LogP contribution in [0.15, 0.2) is 53.1 Å². The van der Waals surface area contributed by atoms with Crippen LogP contribution >= 0.6 is 15.9 Å². The molecule has 0 unspecified atom stereocenters. The Bertz CT molecular complexity index is 482. The van der Waals surface area contributed by atoms with E-state index in [-0.39, 0.29) is 5.91 Å². The van der Waals surface area contributed by atoms with Crippen molar-refractivity contribution in [3.63, 3.8) is 0 Å². The summed E-state index contributed by atoms with van der Waals surface area (Å²) < 4.78 is 5.15. The van der Waals surface area contributed by atoms with Gasteiger partial charge in [0.1, 0.15) is 0 Å². The fourth-order valence-electron chi connectivity index (χ4n) is 1.71. The molecular weight excluding hydrogens is 294 g/mol. The lowest BCUT2D eigenvalue weighted by Gasteiger charge is -2.20. The lowest BCUT2D eigenvalue weighted by Crippen LogP contribution is -2.31. The lowest BCUT2D eigenvalue weighted by atomic mass is 10.2. The van der Waals surface area contributed by atoms with Gasteiger partial charge in [-0.05, 0) is 17.7 Å². The molecule has 4 heteroatoms. The van der Waals surface area contributed by atoms with Crippen molar-refractivity contribution in [1.29, 1.82) is 0 Å². The maximum atomic E-state index is 12.2. The van der Waals surface area contributed by atoms with E-state index in [2.05, 4.69) is 15.9 Å². The van der Waals surface area contributed by atoms with Crippen molar-refractivity contribution < 1.29 is 9.21 Å². The van der Waals surface area contributed by atoms with Crippen LogP contribution in [0.2, 0.25) is 0 Å². The van der Waals surface area contributed by atoms with Crippen LogP contribution in [-0.2, 0) is 6.54 Å². The van der Waals surface area contributed by atoms with Crippen LogP contribution in [0.25, 0.3) is 0 Å². The summed E-state index contributed by atoms with van der Waals surface area (Å²) in [6.07, 6.45) is 1.52. The topological polar surface area (TPSA) is 33.5 Å². The minimum absolute atomic E-state index is 0.0803. The molecule has 2 rings (SSSR count). The van der Waals surface area contributed by atoms with Crippen LogP contribution < -0.4 is 0 Å². The molecular formula is C14H14BrNO2. The van der Waals surface area contributed by atoms with Gasteiger partial charge >= 0.3 is 0 Å². The Hall–Kier alpha value is -1.55.